The van der Waals surface area contributed by atoms with Crippen molar-refractivity contribution in [3.05, 3.63) is 35.2 Å². The number of furan rings is 1. The molecule has 128 valence electrons. The van der Waals surface area contributed by atoms with Crippen LogP contribution in [-0.2, 0) is 20.8 Å². The molecule has 1 unspecified atom stereocenters. The van der Waals surface area contributed by atoms with Gasteiger partial charge in [-0.1, -0.05) is 0 Å². The van der Waals surface area contributed by atoms with Gasteiger partial charge in [0.1, 0.15) is 0 Å². The molecule has 0 aromatic carbocycles. The van der Waals surface area contributed by atoms with Gasteiger partial charge in [0.15, 0.2) is 17.2 Å². The van der Waals surface area contributed by atoms with Crippen molar-refractivity contribution < 1.29 is 23.6 Å². The third-order valence-electron chi connectivity index (χ3n) is 3.30. The Labute approximate surface area is 142 Å². The Morgan fingerprint density at radius 2 is 2.33 bits per heavy atom. The van der Waals surface area contributed by atoms with Gasteiger partial charge < -0.3 is 9.15 Å². The number of thiazole rings is 1. The summed E-state index contributed by atoms with van der Waals surface area (Å²) in [6, 6.07) is 3.19. The fraction of sp³-hybridized carbons (Fsp3) is 0.400. The third kappa shape index (κ3) is 4.63. The van der Waals surface area contributed by atoms with Gasteiger partial charge in [0.05, 0.1) is 18.4 Å². The first kappa shape index (κ1) is 16.6. The molecule has 3 heterocycles. The standard InChI is InChI=1S/C15H17N3O5S/c19-12(18-23-13-5-1-2-6-22-13)8-10-9-24-15(16-10)17-14(20)11-4-3-7-21-11/h3-4,7,9,13H,1-2,5-6,8H2,(H,18,19)(H,16,17,20). The molecule has 9 heteroatoms. The summed E-state index contributed by atoms with van der Waals surface area (Å²) < 4.78 is 10.4. The van der Waals surface area contributed by atoms with E-state index in [1.165, 1.54) is 17.6 Å². The molecule has 3 rings (SSSR count). The maximum Gasteiger partial charge on any atom is 0.293 e. The number of nitrogens with zero attached hydrogens (tertiary/aromatic N) is 1. The molecule has 2 aromatic rings. The number of hydroxylamine groups is 1. The topological polar surface area (TPSA) is 103 Å². The van der Waals surface area contributed by atoms with Gasteiger partial charge >= 0.3 is 0 Å². The van der Waals surface area contributed by atoms with Crippen LogP contribution >= 0.6 is 11.3 Å². The number of aromatic nitrogens is 1. The minimum Gasteiger partial charge on any atom is -0.459 e. The molecule has 1 fully saturated rings. The Hall–Kier alpha value is -2.23. The molecule has 2 amide bonds. The van der Waals surface area contributed by atoms with Crippen LogP contribution in [0.1, 0.15) is 35.5 Å². The van der Waals surface area contributed by atoms with E-state index in [0.29, 0.717) is 17.4 Å². The van der Waals surface area contributed by atoms with Gasteiger partial charge in [0, 0.05) is 18.4 Å². The molecule has 8 nitrogen and oxygen atoms in total. The van der Waals surface area contributed by atoms with E-state index >= 15 is 0 Å². The fourth-order valence-electron chi connectivity index (χ4n) is 2.15. The number of rotatable bonds is 6. The average Bonchev–Trinajstić information content (AvgIpc) is 3.26. The molecule has 1 aliphatic rings. The number of hydrogen-bond donors (Lipinski definition) is 2. The Bertz CT molecular complexity index is 679. The highest BCUT2D eigenvalue weighted by atomic mass is 32.1. The maximum absolute atomic E-state index is 11.8. The largest absolute Gasteiger partial charge is 0.459 e. The van der Waals surface area contributed by atoms with Crippen molar-refractivity contribution in [1.82, 2.24) is 10.5 Å². The average molecular weight is 351 g/mol. The summed E-state index contributed by atoms with van der Waals surface area (Å²) in [5, 5.41) is 4.72. The SMILES string of the molecule is O=C(Cc1csc(NC(=O)c2ccco2)n1)NOC1CCCCO1. The van der Waals surface area contributed by atoms with Crippen molar-refractivity contribution >= 4 is 28.3 Å². The van der Waals surface area contributed by atoms with Crippen molar-refractivity contribution in [2.24, 2.45) is 0 Å². The molecule has 0 spiro atoms. The van der Waals surface area contributed by atoms with Gasteiger partial charge in [-0.2, -0.15) is 0 Å². The van der Waals surface area contributed by atoms with Crippen molar-refractivity contribution in [3.63, 3.8) is 0 Å². The minimum absolute atomic E-state index is 0.0554. The zero-order chi connectivity index (χ0) is 16.8. The smallest absolute Gasteiger partial charge is 0.293 e. The van der Waals surface area contributed by atoms with E-state index in [1.54, 1.807) is 17.5 Å². The second-order valence-electron chi connectivity index (χ2n) is 5.19. The lowest BCUT2D eigenvalue weighted by Gasteiger charge is -2.21. The Morgan fingerprint density at radius 3 is 3.08 bits per heavy atom. The summed E-state index contributed by atoms with van der Waals surface area (Å²) in [4.78, 5) is 33.1. The van der Waals surface area contributed by atoms with Crippen LogP contribution in [0.5, 0.6) is 0 Å². The first-order chi connectivity index (χ1) is 11.7. The second-order valence-corrected chi connectivity index (χ2v) is 6.05. The van der Waals surface area contributed by atoms with E-state index in [2.05, 4.69) is 15.8 Å². The monoisotopic (exact) mass is 351 g/mol. The molecular formula is C15H17N3O5S. The van der Waals surface area contributed by atoms with E-state index in [9.17, 15) is 9.59 Å². The Balaban J connectivity index is 1.45. The number of ether oxygens (including phenoxy) is 1. The quantitative estimate of drug-likeness (QED) is 0.773. The van der Waals surface area contributed by atoms with E-state index in [1.807, 2.05) is 0 Å². The zero-order valence-corrected chi connectivity index (χ0v) is 13.6. The Kier molecular flexibility index (Phi) is 5.57. The van der Waals surface area contributed by atoms with Gasteiger partial charge in [-0.25, -0.2) is 15.3 Å². The van der Waals surface area contributed by atoms with E-state index < -0.39 is 0 Å². The van der Waals surface area contributed by atoms with Crippen LogP contribution in [0.25, 0.3) is 0 Å². The number of hydrogen-bond acceptors (Lipinski definition) is 7. The summed E-state index contributed by atoms with van der Waals surface area (Å²) >= 11 is 1.23. The summed E-state index contributed by atoms with van der Waals surface area (Å²) in [6.45, 7) is 0.644. The predicted molar refractivity (Wildman–Crippen MR) is 85.3 cm³/mol. The first-order valence-corrected chi connectivity index (χ1v) is 8.44. The predicted octanol–water partition coefficient (Wildman–Crippen LogP) is 2.11. The van der Waals surface area contributed by atoms with Gasteiger partial charge in [0.25, 0.3) is 5.91 Å². The highest BCUT2D eigenvalue weighted by molar-refractivity contribution is 7.14. The van der Waals surface area contributed by atoms with Crippen LogP contribution in [0.15, 0.2) is 28.2 Å². The van der Waals surface area contributed by atoms with Crippen molar-refractivity contribution in [2.75, 3.05) is 11.9 Å². The fourth-order valence-corrected chi connectivity index (χ4v) is 2.85. The summed E-state index contributed by atoms with van der Waals surface area (Å²) in [5.74, 6) is -0.508. The molecule has 0 aliphatic carbocycles. The molecule has 2 aromatic heterocycles. The van der Waals surface area contributed by atoms with Gasteiger partial charge in [-0.15, -0.1) is 11.3 Å². The van der Waals surface area contributed by atoms with Crippen LogP contribution < -0.4 is 10.8 Å². The third-order valence-corrected chi connectivity index (χ3v) is 4.11. The number of carbonyl (C=O) groups excluding carboxylic acids is 2. The van der Waals surface area contributed by atoms with Crippen molar-refractivity contribution in [2.45, 2.75) is 32.0 Å². The highest BCUT2D eigenvalue weighted by Crippen LogP contribution is 2.17. The second kappa shape index (κ2) is 8.04. The molecule has 0 bridgehead atoms. The maximum atomic E-state index is 11.8. The molecule has 24 heavy (non-hydrogen) atoms. The van der Waals surface area contributed by atoms with E-state index in [-0.39, 0.29) is 30.3 Å². The molecular weight excluding hydrogens is 334 g/mol. The number of nitrogens with one attached hydrogen (secondary N) is 2. The minimum atomic E-state index is -0.388. The molecule has 0 saturated carbocycles. The molecule has 2 N–H and O–H groups in total. The van der Waals surface area contributed by atoms with Crippen LogP contribution in [-0.4, -0.2) is 29.7 Å². The van der Waals surface area contributed by atoms with Crippen LogP contribution in [0, 0.1) is 0 Å². The Morgan fingerprint density at radius 1 is 1.42 bits per heavy atom. The molecule has 1 saturated heterocycles. The van der Waals surface area contributed by atoms with Gasteiger partial charge in [-0.05, 0) is 25.0 Å². The lowest BCUT2D eigenvalue weighted by atomic mass is 10.2. The van der Waals surface area contributed by atoms with Gasteiger partial charge in [0.2, 0.25) is 5.91 Å². The summed E-state index contributed by atoms with van der Waals surface area (Å²) in [6.07, 6.45) is 3.88. The van der Waals surface area contributed by atoms with Crippen molar-refractivity contribution in [3.8, 4) is 0 Å². The number of amides is 2. The van der Waals surface area contributed by atoms with E-state index in [4.69, 9.17) is 14.0 Å². The highest BCUT2D eigenvalue weighted by Gasteiger charge is 2.17. The summed E-state index contributed by atoms with van der Waals surface area (Å²) in [5.41, 5.74) is 2.91. The summed E-state index contributed by atoms with van der Waals surface area (Å²) in [7, 11) is 0. The number of carbonyl (C=O) groups is 2. The lowest BCUT2D eigenvalue weighted by molar-refractivity contribution is -0.200. The van der Waals surface area contributed by atoms with Crippen LogP contribution in [0.2, 0.25) is 0 Å². The van der Waals surface area contributed by atoms with Crippen LogP contribution in [0.4, 0.5) is 5.13 Å². The van der Waals surface area contributed by atoms with Crippen LogP contribution in [0.3, 0.4) is 0 Å². The molecule has 0 radical (unpaired) electrons. The normalized spacial score (nSPS) is 17.4. The lowest BCUT2D eigenvalue weighted by Crippen LogP contribution is -2.33. The van der Waals surface area contributed by atoms with Crippen molar-refractivity contribution in [1.29, 1.82) is 0 Å². The number of anilines is 1. The zero-order valence-electron chi connectivity index (χ0n) is 12.8. The first-order valence-electron chi connectivity index (χ1n) is 7.56. The van der Waals surface area contributed by atoms with Gasteiger partial charge in [-0.3, -0.25) is 14.9 Å². The molecule has 1 aliphatic heterocycles. The molecule has 1 atom stereocenters. The van der Waals surface area contributed by atoms with E-state index in [0.717, 1.165) is 19.3 Å².